The zero-order valence-electron chi connectivity index (χ0n) is 8.23. The number of rotatable bonds is 5. The first kappa shape index (κ1) is 10.7. The van der Waals surface area contributed by atoms with Gasteiger partial charge in [0, 0.05) is 12.8 Å². The topological polar surface area (TPSA) is 17.1 Å². The van der Waals surface area contributed by atoms with Crippen LogP contribution in [0.15, 0.2) is 0 Å². The average Bonchev–Trinajstić information content (AvgIpc) is 2.16. The molecule has 1 saturated carbocycles. The molecule has 1 aliphatic rings. The van der Waals surface area contributed by atoms with Gasteiger partial charge in [0.15, 0.2) is 0 Å². The van der Waals surface area contributed by atoms with Crippen LogP contribution in [0.2, 0.25) is 0 Å². The largest absolute Gasteiger partial charge is 0.300 e. The highest BCUT2D eigenvalue weighted by molar-refractivity contribution is 5.78. The molecule has 0 bridgehead atoms. The van der Waals surface area contributed by atoms with Crippen LogP contribution in [0.5, 0.6) is 0 Å². The predicted octanol–water partition coefficient (Wildman–Crippen LogP) is 3.28. The van der Waals surface area contributed by atoms with E-state index in [4.69, 9.17) is 0 Å². The minimum absolute atomic E-state index is 0.268. The van der Waals surface area contributed by atoms with Gasteiger partial charge in [0.2, 0.25) is 0 Å². The molecule has 13 heavy (non-hydrogen) atoms. The van der Waals surface area contributed by atoms with Gasteiger partial charge in [-0.3, -0.25) is 9.18 Å². The summed E-state index contributed by atoms with van der Waals surface area (Å²) in [5.74, 6) is 0.880. The van der Waals surface area contributed by atoms with E-state index in [1.165, 1.54) is 32.1 Å². The Hall–Kier alpha value is -0.400. The van der Waals surface area contributed by atoms with Crippen LogP contribution in [-0.2, 0) is 4.79 Å². The zero-order chi connectivity index (χ0) is 9.52. The van der Waals surface area contributed by atoms with Crippen molar-refractivity contribution in [2.75, 3.05) is 6.67 Å². The Labute approximate surface area is 79.7 Å². The fourth-order valence-corrected chi connectivity index (χ4v) is 2.08. The van der Waals surface area contributed by atoms with E-state index in [0.29, 0.717) is 25.2 Å². The fourth-order valence-electron chi connectivity index (χ4n) is 2.08. The third kappa shape index (κ3) is 4.39. The lowest BCUT2D eigenvalue weighted by Crippen LogP contribution is -2.12. The first-order chi connectivity index (χ1) is 6.33. The van der Waals surface area contributed by atoms with Crippen molar-refractivity contribution in [3.63, 3.8) is 0 Å². The second-order valence-corrected chi connectivity index (χ2v) is 4.04. The molecule has 1 nitrogen and oxygen atoms in total. The third-order valence-electron chi connectivity index (χ3n) is 2.83. The van der Waals surface area contributed by atoms with Crippen LogP contribution < -0.4 is 0 Å². The molecule has 0 saturated heterocycles. The molecule has 0 amide bonds. The first-order valence-corrected chi connectivity index (χ1v) is 5.40. The van der Waals surface area contributed by atoms with Crippen molar-refractivity contribution in [2.45, 2.75) is 51.4 Å². The molecule has 1 fully saturated rings. The lowest BCUT2D eigenvalue weighted by molar-refractivity contribution is -0.120. The maximum absolute atomic E-state index is 11.8. The minimum Gasteiger partial charge on any atom is -0.300 e. The Kier molecular flexibility index (Phi) is 5.02. The number of alkyl halides is 1. The van der Waals surface area contributed by atoms with Crippen molar-refractivity contribution >= 4 is 5.78 Å². The van der Waals surface area contributed by atoms with Gasteiger partial charge in [0.05, 0.1) is 6.67 Å². The Balaban J connectivity index is 2.11. The summed E-state index contributed by atoms with van der Waals surface area (Å²) >= 11 is 0. The molecule has 0 spiro atoms. The molecule has 0 aromatic carbocycles. The summed E-state index contributed by atoms with van der Waals surface area (Å²) in [4.78, 5) is 11.3. The number of Topliss-reactive ketones (excluding diaryl/α,β-unsaturated/α-hetero) is 1. The Bertz CT molecular complexity index is 150. The Morgan fingerprint density at radius 2 is 1.92 bits per heavy atom. The molecule has 0 N–H and O–H groups in total. The summed E-state index contributed by atoms with van der Waals surface area (Å²) in [6, 6.07) is 0. The summed E-state index contributed by atoms with van der Waals surface area (Å²) in [5.41, 5.74) is 0. The van der Waals surface area contributed by atoms with Gasteiger partial charge in [-0.1, -0.05) is 32.1 Å². The number of carbonyl (C=O) groups excluding carboxylic acids is 1. The molecule has 0 unspecified atom stereocenters. The lowest BCUT2D eigenvalue weighted by Gasteiger charge is -2.20. The van der Waals surface area contributed by atoms with E-state index in [9.17, 15) is 9.18 Å². The highest BCUT2D eigenvalue weighted by atomic mass is 19.1. The molecule has 0 aromatic heterocycles. The van der Waals surface area contributed by atoms with Gasteiger partial charge < -0.3 is 0 Å². The van der Waals surface area contributed by atoms with E-state index in [1.54, 1.807) is 0 Å². The summed E-state index contributed by atoms with van der Waals surface area (Å²) in [7, 11) is 0. The summed E-state index contributed by atoms with van der Waals surface area (Å²) in [6.07, 6.45) is 7.89. The van der Waals surface area contributed by atoms with Crippen molar-refractivity contribution < 1.29 is 9.18 Å². The molecular weight excluding hydrogens is 167 g/mol. The molecule has 0 atom stereocenters. The van der Waals surface area contributed by atoms with Crippen LogP contribution in [0, 0.1) is 5.92 Å². The van der Waals surface area contributed by atoms with Gasteiger partial charge in [-0.2, -0.15) is 0 Å². The lowest BCUT2D eigenvalue weighted by atomic mass is 9.85. The number of halogens is 1. The van der Waals surface area contributed by atoms with Crippen LogP contribution in [0.1, 0.15) is 51.4 Å². The van der Waals surface area contributed by atoms with Crippen molar-refractivity contribution in [1.29, 1.82) is 0 Å². The minimum atomic E-state index is -0.351. The number of hydrogen-bond donors (Lipinski definition) is 0. The summed E-state index contributed by atoms with van der Waals surface area (Å²) in [5, 5.41) is 0. The number of carbonyl (C=O) groups is 1. The Morgan fingerprint density at radius 1 is 1.23 bits per heavy atom. The molecule has 2 heteroatoms. The SMILES string of the molecule is O=C(CCCF)CC1CCCCC1. The van der Waals surface area contributed by atoms with E-state index >= 15 is 0 Å². The molecule has 0 aromatic rings. The molecule has 0 heterocycles. The number of ketones is 1. The highest BCUT2D eigenvalue weighted by Crippen LogP contribution is 2.26. The maximum atomic E-state index is 11.8. The quantitative estimate of drug-likeness (QED) is 0.644. The van der Waals surface area contributed by atoms with Gasteiger partial charge in [-0.05, 0) is 12.3 Å². The van der Waals surface area contributed by atoms with Crippen LogP contribution in [0.4, 0.5) is 4.39 Å². The van der Waals surface area contributed by atoms with E-state index in [2.05, 4.69) is 0 Å². The van der Waals surface area contributed by atoms with Crippen LogP contribution >= 0.6 is 0 Å². The maximum Gasteiger partial charge on any atom is 0.133 e. The monoisotopic (exact) mass is 186 g/mol. The van der Waals surface area contributed by atoms with Crippen molar-refractivity contribution in [2.24, 2.45) is 5.92 Å². The molecule has 76 valence electrons. The summed E-state index contributed by atoms with van der Waals surface area (Å²) < 4.78 is 11.8. The number of hydrogen-bond acceptors (Lipinski definition) is 1. The van der Waals surface area contributed by atoms with E-state index in [0.717, 1.165) is 0 Å². The normalized spacial score (nSPS) is 18.8. The van der Waals surface area contributed by atoms with Gasteiger partial charge in [-0.15, -0.1) is 0 Å². The standard InChI is InChI=1S/C11H19FO/c12-8-4-7-11(13)9-10-5-2-1-3-6-10/h10H,1-9H2. The zero-order valence-corrected chi connectivity index (χ0v) is 8.23. The van der Waals surface area contributed by atoms with Crippen molar-refractivity contribution in [3.8, 4) is 0 Å². The van der Waals surface area contributed by atoms with Crippen LogP contribution in [-0.4, -0.2) is 12.5 Å². The van der Waals surface area contributed by atoms with E-state index < -0.39 is 0 Å². The molecule has 0 aliphatic heterocycles. The molecule has 1 rings (SSSR count). The molecule has 0 radical (unpaired) electrons. The predicted molar refractivity (Wildman–Crippen MR) is 51.4 cm³/mol. The molecular formula is C11H19FO. The average molecular weight is 186 g/mol. The van der Waals surface area contributed by atoms with Gasteiger partial charge in [0.1, 0.15) is 5.78 Å². The second kappa shape index (κ2) is 6.11. The van der Waals surface area contributed by atoms with E-state index in [1.807, 2.05) is 0 Å². The van der Waals surface area contributed by atoms with Crippen LogP contribution in [0.25, 0.3) is 0 Å². The fraction of sp³-hybridized carbons (Fsp3) is 0.909. The Morgan fingerprint density at radius 3 is 2.54 bits per heavy atom. The van der Waals surface area contributed by atoms with Crippen LogP contribution in [0.3, 0.4) is 0 Å². The third-order valence-corrected chi connectivity index (χ3v) is 2.83. The summed E-state index contributed by atoms with van der Waals surface area (Å²) in [6.45, 7) is -0.351. The molecule has 1 aliphatic carbocycles. The highest BCUT2D eigenvalue weighted by Gasteiger charge is 2.16. The smallest absolute Gasteiger partial charge is 0.133 e. The van der Waals surface area contributed by atoms with Gasteiger partial charge in [0.25, 0.3) is 0 Å². The van der Waals surface area contributed by atoms with Gasteiger partial charge in [-0.25, -0.2) is 0 Å². The van der Waals surface area contributed by atoms with E-state index in [-0.39, 0.29) is 12.5 Å². The first-order valence-electron chi connectivity index (χ1n) is 5.40. The van der Waals surface area contributed by atoms with Gasteiger partial charge >= 0.3 is 0 Å². The van der Waals surface area contributed by atoms with Crippen molar-refractivity contribution in [1.82, 2.24) is 0 Å². The second-order valence-electron chi connectivity index (χ2n) is 4.04. The van der Waals surface area contributed by atoms with Crippen molar-refractivity contribution in [3.05, 3.63) is 0 Å².